The summed E-state index contributed by atoms with van der Waals surface area (Å²) in [5.74, 6) is 0.973. The fourth-order valence-corrected chi connectivity index (χ4v) is 2.49. The van der Waals surface area contributed by atoms with Crippen molar-refractivity contribution in [1.82, 2.24) is 9.55 Å². The van der Waals surface area contributed by atoms with E-state index in [-0.39, 0.29) is 6.61 Å². The molecule has 0 radical (unpaired) electrons. The summed E-state index contributed by atoms with van der Waals surface area (Å²) >= 11 is 0. The summed E-state index contributed by atoms with van der Waals surface area (Å²) in [6.07, 6.45) is 2.59. The molecule has 0 fully saturated rings. The first-order chi connectivity index (χ1) is 9.35. The number of benzene rings is 2. The molecule has 0 aliphatic rings. The molecule has 0 saturated heterocycles. The molecule has 3 heteroatoms. The first-order valence-corrected chi connectivity index (χ1v) is 6.49. The average Bonchev–Trinajstić information content (AvgIpc) is 2.89. The summed E-state index contributed by atoms with van der Waals surface area (Å²) in [5.41, 5.74) is 1.91. The van der Waals surface area contributed by atoms with Crippen LogP contribution >= 0.6 is 0 Å². The van der Waals surface area contributed by atoms with Gasteiger partial charge < -0.3 is 5.11 Å². The fourth-order valence-electron chi connectivity index (χ4n) is 2.49. The van der Waals surface area contributed by atoms with Crippen LogP contribution in [-0.4, -0.2) is 14.7 Å². The van der Waals surface area contributed by atoms with Gasteiger partial charge >= 0.3 is 0 Å². The van der Waals surface area contributed by atoms with Crippen molar-refractivity contribution >= 4 is 10.8 Å². The molecule has 3 rings (SSSR count). The van der Waals surface area contributed by atoms with E-state index in [1.54, 1.807) is 6.20 Å². The molecular formula is C16H16N2O. The van der Waals surface area contributed by atoms with Gasteiger partial charge in [-0.1, -0.05) is 43.3 Å². The zero-order chi connectivity index (χ0) is 13.2. The highest BCUT2D eigenvalue weighted by Crippen LogP contribution is 2.25. The molecule has 0 aliphatic carbocycles. The summed E-state index contributed by atoms with van der Waals surface area (Å²) in [7, 11) is 0. The molecule has 1 heterocycles. The second-order valence-corrected chi connectivity index (χ2v) is 4.51. The standard InChI is InChI=1S/C16H16N2O/c1-2-16-17-10-13(11-19)18(16)15-9-5-7-12-6-3-4-8-14(12)15/h3-10,19H,2,11H2,1H3. The Morgan fingerprint density at radius 2 is 1.89 bits per heavy atom. The molecule has 3 aromatic rings. The summed E-state index contributed by atoms with van der Waals surface area (Å²) in [5, 5.41) is 11.9. The first-order valence-electron chi connectivity index (χ1n) is 6.49. The van der Waals surface area contributed by atoms with E-state index >= 15 is 0 Å². The lowest BCUT2D eigenvalue weighted by Crippen LogP contribution is -2.05. The van der Waals surface area contributed by atoms with E-state index in [1.807, 2.05) is 18.2 Å². The van der Waals surface area contributed by atoms with Gasteiger partial charge in [-0.25, -0.2) is 4.98 Å². The maximum atomic E-state index is 9.50. The van der Waals surface area contributed by atoms with Gasteiger partial charge in [0.1, 0.15) is 5.82 Å². The molecule has 0 atom stereocenters. The SMILES string of the molecule is CCc1ncc(CO)n1-c1cccc2ccccc12. The van der Waals surface area contributed by atoms with Crippen molar-refractivity contribution in [3.63, 3.8) is 0 Å². The normalized spacial score (nSPS) is 11.1. The van der Waals surface area contributed by atoms with Gasteiger partial charge in [0.25, 0.3) is 0 Å². The Bertz CT molecular complexity index is 689. The van der Waals surface area contributed by atoms with Gasteiger partial charge in [-0.15, -0.1) is 0 Å². The van der Waals surface area contributed by atoms with Gasteiger partial charge in [0.2, 0.25) is 0 Å². The Labute approximate surface area is 112 Å². The highest BCUT2D eigenvalue weighted by atomic mass is 16.3. The van der Waals surface area contributed by atoms with Gasteiger partial charge in [-0.05, 0) is 11.5 Å². The summed E-state index contributed by atoms with van der Waals surface area (Å²) in [4.78, 5) is 4.39. The number of fused-ring (bicyclic) bond motifs is 1. The van der Waals surface area contributed by atoms with E-state index in [1.165, 1.54) is 10.8 Å². The second-order valence-electron chi connectivity index (χ2n) is 4.51. The van der Waals surface area contributed by atoms with E-state index < -0.39 is 0 Å². The van der Waals surface area contributed by atoms with Crippen LogP contribution in [0.3, 0.4) is 0 Å². The van der Waals surface area contributed by atoms with Crippen LogP contribution in [0, 0.1) is 0 Å². The van der Waals surface area contributed by atoms with E-state index in [9.17, 15) is 5.11 Å². The minimum absolute atomic E-state index is 0.00375. The summed E-state index contributed by atoms with van der Waals surface area (Å²) < 4.78 is 2.06. The molecule has 19 heavy (non-hydrogen) atoms. The monoisotopic (exact) mass is 252 g/mol. The van der Waals surface area contributed by atoms with E-state index in [4.69, 9.17) is 0 Å². The highest BCUT2D eigenvalue weighted by Gasteiger charge is 2.11. The Morgan fingerprint density at radius 1 is 1.11 bits per heavy atom. The Morgan fingerprint density at radius 3 is 2.68 bits per heavy atom. The molecule has 0 aliphatic heterocycles. The molecular weight excluding hydrogens is 236 g/mol. The predicted molar refractivity (Wildman–Crippen MR) is 76.4 cm³/mol. The van der Waals surface area contributed by atoms with Crippen LogP contribution in [-0.2, 0) is 13.0 Å². The lowest BCUT2D eigenvalue weighted by Gasteiger charge is -2.13. The van der Waals surface area contributed by atoms with Crippen LogP contribution in [0.15, 0.2) is 48.7 Å². The van der Waals surface area contributed by atoms with Crippen LogP contribution in [0.1, 0.15) is 18.4 Å². The molecule has 0 saturated carbocycles. The van der Waals surface area contributed by atoms with E-state index in [0.717, 1.165) is 23.6 Å². The highest BCUT2D eigenvalue weighted by molar-refractivity contribution is 5.90. The van der Waals surface area contributed by atoms with Crippen molar-refractivity contribution in [2.45, 2.75) is 20.0 Å². The molecule has 3 nitrogen and oxygen atoms in total. The molecule has 2 aromatic carbocycles. The molecule has 1 N–H and O–H groups in total. The number of aliphatic hydroxyl groups is 1. The number of aryl methyl sites for hydroxylation is 1. The number of rotatable bonds is 3. The maximum absolute atomic E-state index is 9.50. The molecule has 96 valence electrons. The topological polar surface area (TPSA) is 38.1 Å². The van der Waals surface area contributed by atoms with E-state index in [2.05, 4.69) is 40.7 Å². The Hall–Kier alpha value is -2.13. The van der Waals surface area contributed by atoms with Crippen LogP contribution in [0.25, 0.3) is 16.5 Å². The Balaban J connectivity index is 2.33. The van der Waals surface area contributed by atoms with Gasteiger partial charge in [-0.2, -0.15) is 0 Å². The van der Waals surface area contributed by atoms with Crippen molar-refractivity contribution in [3.05, 3.63) is 60.2 Å². The molecule has 0 unspecified atom stereocenters. The smallest absolute Gasteiger partial charge is 0.113 e. The third-order valence-corrected chi connectivity index (χ3v) is 3.39. The lowest BCUT2D eigenvalue weighted by molar-refractivity contribution is 0.274. The van der Waals surface area contributed by atoms with Gasteiger partial charge in [0, 0.05) is 11.8 Å². The number of nitrogens with zero attached hydrogens (tertiary/aromatic N) is 2. The zero-order valence-corrected chi connectivity index (χ0v) is 10.9. The van der Waals surface area contributed by atoms with Crippen molar-refractivity contribution in [1.29, 1.82) is 0 Å². The number of imidazole rings is 1. The molecule has 1 aromatic heterocycles. The summed E-state index contributed by atoms with van der Waals surface area (Å²) in [6.45, 7) is 2.07. The first kappa shape index (κ1) is 11.9. The maximum Gasteiger partial charge on any atom is 0.113 e. The van der Waals surface area contributed by atoms with Crippen LogP contribution < -0.4 is 0 Å². The molecule has 0 amide bonds. The minimum Gasteiger partial charge on any atom is -0.390 e. The number of hydrogen-bond acceptors (Lipinski definition) is 2. The van der Waals surface area contributed by atoms with Crippen LogP contribution in [0.2, 0.25) is 0 Å². The third kappa shape index (κ3) is 1.92. The zero-order valence-electron chi connectivity index (χ0n) is 10.9. The van der Waals surface area contributed by atoms with Crippen LogP contribution in [0.4, 0.5) is 0 Å². The predicted octanol–water partition coefficient (Wildman–Crippen LogP) is 3.08. The molecule has 0 bridgehead atoms. The van der Waals surface area contributed by atoms with E-state index in [0.29, 0.717) is 0 Å². The average molecular weight is 252 g/mol. The summed E-state index contributed by atoms with van der Waals surface area (Å²) in [6, 6.07) is 14.5. The lowest BCUT2D eigenvalue weighted by atomic mass is 10.1. The van der Waals surface area contributed by atoms with Crippen molar-refractivity contribution in [2.24, 2.45) is 0 Å². The van der Waals surface area contributed by atoms with Crippen molar-refractivity contribution < 1.29 is 5.11 Å². The largest absolute Gasteiger partial charge is 0.390 e. The Kier molecular flexibility index (Phi) is 3.05. The second kappa shape index (κ2) is 4.86. The van der Waals surface area contributed by atoms with Gasteiger partial charge in [-0.3, -0.25) is 4.57 Å². The number of aliphatic hydroxyl groups excluding tert-OH is 1. The fraction of sp³-hybridized carbons (Fsp3) is 0.188. The minimum atomic E-state index is -0.00375. The van der Waals surface area contributed by atoms with Gasteiger partial charge in [0.15, 0.2) is 0 Å². The van der Waals surface area contributed by atoms with Crippen molar-refractivity contribution in [2.75, 3.05) is 0 Å². The van der Waals surface area contributed by atoms with Crippen LogP contribution in [0.5, 0.6) is 0 Å². The number of hydrogen-bond donors (Lipinski definition) is 1. The number of aromatic nitrogens is 2. The quantitative estimate of drug-likeness (QED) is 0.778. The molecule has 0 spiro atoms. The van der Waals surface area contributed by atoms with Gasteiger partial charge in [0.05, 0.1) is 24.2 Å². The van der Waals surface area contributed by atoms with Crippen molar-refractivity contribution in [3.8, 4) is 5.69 Å². The third-order valence-electron chi connectivity index (χ3n) is 3.39.